The quantitative estimate of drug-likeness (QED) is 0.815. The monoisotopic (exact) mass is 305 g/mol. The fourth-order valence-electron chi connectivity index (χ4n) is 1.35. The van der Waals surface area contributed by atoms with E-state index < -0.39 is 25.1 Å². The van der Waals surface area contributed by atoms with Crippen LogP contribution in [0.1, 0.15) is 0 Å². The minimum Gasteiger partial charge on any atom is -0.334 e. The molecule has 0 saturated carbocycles. The average Bonchev–Trinajstić information content (AvgIpc) is 2.81. The second-order valence-corrected chi connectivity index (χ2v) is 6.42. The Labute approximate surface area is 108 Å². The number of para-hydroxylation sites is 1. The van der Waals surface area contributed by atoms with Crippen LogP contribution in [0.2, 0.25) is 0 Å². The van der Waals surface area contributed by atoms with Crippen molar-refractivity contribution in [2.75, 3.05) is 4.72 Å². The van der Waals surface area contributed by atoms with E-state index in [-0.39, 0.29) is 10.7 Å². The van der Waals surface area contributed by atoms with Gasteiger partial charge in [0.05, 0.1) is 18.2 Å². The summed E-state index contributed by atoms with van der Waals surface area (Å²) in [5, 5.41) is -0.265. The highest BCUT2D eigenvalue weighted by molar-refractivity contribution is 7.92. The van der Waals surface area contributed by atoms with Crippen LogP contribution in [0, 0.1) is 0 Å². The lowest BCUT2D eigenvalue weighted by Gasteiger charge is -2.08. The summed E-state index contributed by atoms with van der Waals surface area (Å²) in [7, 11) is -9.08. The first-order valence-electron chi connectivity index (χ1n) is 4.85. The number of aromatic nitrogens is 2. The summed E-state index contributed by atoms with van der Waals surface area (Å²) < 4.78 is 60.5. The molecular weight excluding hydrogens is 297 g/mol. The molecule has 7 nitrogen and oxygen atoms in total. The third-order valence-corrected chi connectivity index (χ3v) is 4.33. The largest absolute Gasteiger partial charge is 0.334 e. The molecule has 0 amide bonds. The summed E-state index contributed by atoms with van der Waals surface area (Å²) in [6, 6.07) is 4.75. The molecule has 19 heavy (non-hydrogen) atoms. The molecular formula is C9H8FN3O4S2. The lowest BCUT2D eigenvalue weighted by Crippen LogP contribution is -2.15. The summed E-state index contributed by atoms with van der Waals surface area (Å²) in [5.74, 6) is 0. The molecule has 0 atom stereocenters. The number of H-pyrrole nitrogens is 1. The van der Waals surface area contributed by atoms with Gasteiger partial charge in [-0.1, -0.05) is 12.1 Å². The number of anilines is 1. The maximum atomic E-state index is 13.0. The number of sulfonamides is 1. The van der Waals surface area contributed by atoms with Crippen LogP contribution in [0.25, 0.3) is 0 Å². The van der Waals surface area contributed by atoms with Crippen LogP contribution in [0.5, 0.6) is 0 Å². The van der Waals surface area contributed by atoms with Gasteiger partial charge >= 0.3 is 10.2 Å². The Kier molecular flexibility index (Phi) is 3.28. The smallest absolute Gasteiger partial charge is 0.334 e. The zero-order valence-electron chi connectivity index (χ0n) is 9.24. The number of halogens is 1. The molecule has 0 saturated heterocycles. The van der Waals surface area contributed by atoms with Crippen molar-refractivity contribution in [3.8, 4) is 0 Å². The van der Waals surface area contributed by atoms with Crippen molar-refractivity contribution in [2.45, 2.75) is 9.92 Å². The van der Waals surface area contributed by atoms with Gasteiger partial charge in [0, 0.05) is 0 Å². The van der Waals surface area contributed by atoms with Crippen molar-refractivity contribution in [1.82, 2.24) is 9.97 Å². The van der Waals surface area contributed by atoms with Crippen LogP contribution in [-0.4, -0.2) is 26.8 Å². The van der Waals surface area contributed by atoms with E-state index in [1.54, 1.807) is 0 Å². The first-order chi connectivity index (χ1) is 8.81. The number of rotatable bonds is 4. The van der Waals surface area contributed by atoms with Gasteiger partial charge in [-0.3, -0.25) is 4.72 Å². The van der Waals surface area contributed by atoms with Gasteiger partial charge in [-0.15, -0.1) is 3.89 Å². The Bertz CT molecular complexity index is 785. The van der Waals surface area contributed by atoms with E-state index in [2.05, 4.69) is 9.97 Å². The Hall–Kier alpha value is -1.94. The van der Waals surface area contributed by atoms with Crippen LogP contribution in [0.15, 0.2) is 46.7 Å². The minimum atomic E-state index is -5.03. The van der Waals surface area contributed by atoms with Crippen molar-refractivity contribution in [1.29, 1.82) is 0 Å². The van der Waals surface area contributed by atoms with Gasteiger partial charge in [0.1, 0.15) is 4.90 Å². The third kappa shape index (κ3) is 2.90. The van der Waals surface area contributed by atoms with Gasteiger partial charge in [0.25, 0.3) is 10.0 Å². The van der Waals surface area contributed by atoms with Gasteiger partial charge in [0.15, 0.2) is 5.03 Å². The van der Waals surface area contributed by atoms with E-state index >= 15 is 0 Å². The molecule has 2 rings (SSSR count). The molecule has 102 valence electrons. The zero-order valence-corrected chi connectivity index (χ0v) is 10.9. The fraction of sp³-hybridized carbons (Fsp3) is 0. The van der Waals surface area contributed by atoms with Crippen LogP contribution in [-0.2, 0) is 20.2 Å². The Morgan fingerprint density at radius 1 is 1.16 bits per heavy atom. The number of hydrogen-bond donors (Lipinski definition) is 2. The lowest BCUT2D eigenvalue weighted by atomic mass is 10.3. The number of nitrogens with one attached hydrogen (secondary N) is 2. The first-order valence-corrected chi connectivity index (χ1v) is 7.72. The zero-order chi connectivity index (χ0) is 14.1. The van der Waals surface area contributed by atoms with Crippen molar-refractivity contribution in [2.24, 2.45) is 0 Å². The molecule has 0 aliphatic heterocycles. The summed E-state index contributed by atoms with van der Waals surface area (Å²) >= 11 is 0. The van der Waals surface area contributed by atoms with E-state index in [1.165, 1.54) is 12.1 Å². The number of hydrogen-bond acceptors (Lipinski definition) is 5. The summed E-state index contributed by atoms with van der Waals surface area (Å²) in [5.41, 5.74) is -0.375. The van der Waals surface area contributed by atoms with Crippen molar-refractivity contribution in [3.63, 3.8) is 0 Å². The molecule has 0 fully saturated rings. The van der Waals surface area contributed by atoms with Crippen LogP contribution >= 0.6 is 0 Å². The molecule has 0 radical (unpaired) electrons. The molecule has 2 aromatic rings. The van der Waals surface area contributed by atoms with Crippen molar-refractivity contribution < 1.29 is 20.7 Å². The first kappa shape index (κ1) is 13.5. The highest BCUT2D eigenvalue weighted by Crippen LogP contribution is 2.24. The third-order valence-electron chi connectivity index (χ3n) is 2.16. The number of nitrogens with zero attached hydrogens (tertiary/aromatic N) is 1. The molecule has 0 spiro atoms. The molecule has 0 bridgehead atoms. The highest BCUT2D eigenvalue weighted by Gasteiger charge is 2.22. The Balaban J connectivity index is 2.46. The number of aromatic amines is 1. The molecule has 2 N–H and O–H groups in total. The predicted molar refractivity (Wildman–Crippen MR) is 64.1 cm³/mol. The lowest BCUT2D eigenvalue weighted by molar-refractivity contribution is 0.552. The maximum absolute atomic E-state index is 13.0. The summed E-state index contributed by atoms with van der Waals surface area (Å²) in [6.45, 7) is 0. The molecule has 1 aromatic carbocycles. The molecule has 1 aromatic heterocycles. The van der Waals surface area contributed by atoms with Crippen LogP contribution in [0.4, 0.5) is 9.57 Å². The second-order valence-electron chi connectivity index (χ2n) is 3.46. The SMILES string of the molecule is O=S(=O)(F)c1ccccc1NS(=O)(=O)c1cnc[nH]1. The van der Waals surface area contributed by atoms with E-state index in [9.17, 15) is 20.7 Å². The normalized spacial score (nSPS) is 12.3. The maximum Gasteiger partial charge on any atom is 0.334 e. The van der Waals surface area contributed by atoms with Crippen molar-refractivity contribution >= 4 is 25.9 Å². The van der Waals surface area contributed by atoms with E-state index in [0.29, 0.717) is 0 Å². The van der Waals surface area contributed by atoms with Crippen LogP contribution in [0.3, 0.4) is 0 Å². The van der Waals surface area contributed by atoms with Gasteiger partial charge in [0.2, 0.25) is 0 Å². The average molecular weight is 305 g/mol. The standard InChI is InChI=1S/C9H8FN3O4S2/c10-18(14,15)8-4-2-1-3-7(8)13-19(16,17)9-5-11-6-12-9/h1-6,13H,(H,11,12). The number of benzene rings is 1. The minimum absolute atomic E-state index is 0.265. The van der Waals surface area contributed by atoms with Gasteiger partial charge in [-0.2, -0.15) is 16.8 Å². The molecule has 0 unspecified atom stereocenters. The van der Waals surface area contributed by atoms with E-state index in [4.69, 9.17) is 0 Å². The number of imidazole rings is 1. The molecule has 0 aliphatic carbocycles. The molecule has 1 heterocycles. The van der Waals surface area contributed by atoms with Gasteiger partial charge < -0.3 is 4.98 Å². The van der Waals surface area contributed by atoms with Gasteiger partial charge in [-0.25, -0.2) is 4.98 Å². The van der Waals surface area contributed by atoms with Crippen molar-refractivity contribution in [3.05, 3.63) is 36.8 Å². The second kappa shape index (κ2) is 4.63. The Morgan fingerprint density at radius 3 is 2.42 bits per heavy atom. The molecule has 0 aliphatic rings. The fourth-order valence-corrected chi connectivity index (χ4v) is 3.03. The Morgan fingerprint density at radius 2 is 1.84 bits per heavy atom. The van der Waals surface area contributed by atoms with E-state index in [0.717, 1.165) is 24.7 Å². The summed E-state index contributed by atoms with van der Waals surface area (Å²) in [6.07, 6.45) is 2.18. The topological polar surface area (TPSA) is 109 Å². The van der Waals surface area contributed by atoms with E-state index in [1.807, 2.05) is 4.72 Å². The predicted octanol–water partition coefficient (Wildman–Crippen LogP) is 0.869. The summed E-state index contributed by atoms with van der Waals surface area (Å²) in [4.78, 5) is 5.13. The highest BCUT2D eigenvalue weighted by atomic mass is 32.3. The van der Waals surface area contributed by atoms with Crippen LogP contribution < -0.4 is 4.72 Å². The molecule has 10 heteroatoms. The van der Waals surface area contributed by atoms with Gasteiger partial charge in [-0.05, 0) is 12.1 Å².